The van der Waals surface area contributed by atoms with Crippen molar-refractivity contribution in [2.75, 3.05) is 0 Å². The molecule has 1 heterocycles. The number of aromatic nitrogens is 2. The summed E-state index contributed by atoms with van der Waals surface area (Å²) in [6.07, 6.45) is 0.808. The molecular weight excluding hydrogens is 329 g/mol. The Labute approximate surface area is 151 Å². The molecule has 26 heavy (non-hydrogen) atoms. The number of hydrogen-bond donors (Lipinski definition) is 2. The quantitative estimate of drug-likeness (QED) is 0.719. The molecule has 4 nitrogen and oxygen atoms in total. The molecule has 4 rings (SSSR count). The summed E-state index contributed by atoms with van der Waals surface area (Å²) in [6.45, 7) is 4.14. The van der Waals surface area contributed by atoms with Crippen molar-refractivity contribution in [1.29, 1.82) is 0 Å². The average Bonchev–Trinajstić information content (AvgIpc) is 3.31. The van der Waals surface area contributed by atoms with E-state index in [4.69, 9.17) is 0 Å². The van der Waals surface area contributed by atoms with Crippen LogP contribution in [-0.4, -0.2) is 15.9 Å². The molecule has 5 heteroatoms. The highest BCUT2D eigenvalue weighted by Gasteiger charge is 2.44. The van der Waals surface area contributed by atoms with Gasteiger partial charge in [0, 0.05) is 5.92 Å². The van der Waals surface area contributed by atoms with Crippen LogP contribution in [0.4, 0.5) is 4.39 Å². The van der Waals surface area contributed by atoms with E-state index < -0.39 is 0 Å². The number of nitrogens with one attached hydrogen (secondary N) is 2. The standard InChI is InChI=1S/C21H22FN3O/c1-12(2)19(20-23-17-5-3-4-6-18(17)24-20)25-21(26)16-11-15(16)13-7-9-14(22)10-8-13/h3-10,12,15-16,19H,11H2,1-2H3,(H,23,24)(H,25,26). The van der Waals surface area contributed by atoms with Crippen molar-refractivity contribution in [3.63, 3.8) is 0 Å². The minimum absolute atomic E-state index is 0.0403. The van der Waals surface area contributed by atoms with E-state index in [-0.39, 0.29) is 35.5 Å². The second kappa shape index (κ2) is 6.56. The Bertz CT molecular complexity index is 899. The van der Waals surface area contributed by atoms with Crippen LogP contribution in [0, 0.1) is 17.7 Å². The lowest BCUT2D eigenvalue weighted by Gasteiger charge is -2.20. The summed E-state index contributed by atoms with van der Waals surface area (Å²) in [5, 5.41) is 3.16. The topological polar surface area (TPSA) is 57.8 Å². The van der Waals surface area contributed by atoms with E-state index >= 15 is 0 Å². The van der Waals surface area contributed by atoms with E-state index in [9.17, 15) is 9.18 Å². The number of aromatic amines is 1. The Hall–Kier alpha value is -2.69. The van der Waals surface area contributed by atoms with Crippen molar-refractivity contribution >= 4 is 16.9 Å². The van der Waals surface area contributed by atoms with Gasteiger partial charge >= 0.3 is 0 Å². The zero-order valence-electron chi connectivity index (χ0n) is 14.9. The number of halogens is 1. The van der Waals surface area contributed by atoms with Crippen LogP contribution >= 0.6 is 0 Å². The molecule has 0 spiro atoms. The minimum Gasteiger partial charge on any atom is -0.346 e. The molecule has 1 amide bonds. The van der Waals surface area contributed by atoms with Crippen LogP contribution in [0.1, 0.15) is 43.6 Å². The summed E-state index contributed by atoms with van der Waals surface area (Å²) in [7, 11) is 0. The van der Waals surface area contributed by atoms with Crippen LogP contribution in [0.25, 0.3) is 11.0 Å². The lowest BCUT2D eigenvalue weighted by Crippen LogP contribution is -2.33. The smallest absolute Gasteiger partial charge is 0.224 e. The van der Waals surface area contributed by atoms with E-state index in [1.165, 1.54) is 12.1 Å². The number of rotatable bonds is 5. The van der Waals surface area contributed by atoms with Gasteiger partial charge in [0.15, 0.2) is 0 Å². The zero-order chi connectivity index (χ0) is 18.3. The molecule has 1 aromatic heterocycles. The van der Waals surface area contributed by atoms with Crippen molar-refractivity contribution in [3.05, 3.63) is 65.7 Å². The van der Waals surface area contributed by atoms with Crippen LogP contribution in [0.2, 0.25) is 0 Å². The van der Waals surface area contributed by atoms with E-state index in [1.807, 2.05) is 24.3 Å². The molecule has 2 N–H and O–H groups in total. The molecule has 0 radical (unpaired) electrons. The molecule has 0 aliphatic heterocycles. The van der Waals surface area contributed by atoms with Crippen molar-refractivity contribution in [2.24, 2.45) is 11.8 Å². The summed E-state index contributed by atoms with van der Waals surface area (Å²) < 4.78 is 13.1. The second-order valence-corrected chi connectivity index (χ2v) is 7.37. The molecule has 1 aliphatic carbocycles. The molecule has 1 fully saturated rings. The minimum atomic E-state index is -0.250. The van der Waals surface area contributed by atoms with Gasteiger partial charge in [-0.15, -0.1) is 0 Å². The molecule has 1 saturated carbocycles. The van der Waals surface area contributed by atoms with Gasteiger partial charge in [-0.1, -0.05) is 38.1 Å². The van der Waals surface area contributed by atoms with Crippen molar-refractivity contribution in [1.82, 2.24) is 15.3 Å². The van der Waals surface area contributed by atoms with Crippen molar-refractivity contribution < 1.29 is 9.18 Å². The summed E-state index contributed by atoms with van der Waals surface area (Å²) in [5.74, 6) is 0.917. The summed E-state index contributed by atoms with van der Waals surface area (Å²) in [4.78, 5) is 20.7. The first kappa shape index (κ1) is 16.8. The third-order valence-electron chi connectivity index (χ3n) is 5.09. The van der Waals surface area contributed by atoms with Gasteiger partial charge in [0.05, 0.1) is 17.1 Å². The maximum absolute atomic E-state index is 13.1. The Morgan fingerprint density at radius 3 is 2.62 bits per heavy atom. The highest BCUT2D eigenvalue weighted by molar-refractivity contribution is 5.83. The van der Waals surface area contributed by atoms with Gasteiger partial charge in [-0.2, -0.15) is 0 Å². The number of amides is 1. The highest BCUT2D eigenvalue weighted by Crippen LogP contribution is 2.47. The maximum atomic E-state index is 13.1. The fourth-order valence-electron chi connectivity index (χ4n) is 3.49. The maximum Gasteiger partial charge on any atom is 0.224 e. The van der Waals surface area contributed by atoms with E-state index in [0.29, 0.717) is 0 Å². The molecule has 3 atom stereocenters. The number of H-pyrrole nitrogens is 1. The Balaban J connectivity index is 1.48. The van der Waals surface area contributed by atoms with Crippen LogP contribution in [0.15, 0.2) is 48.5 Å². The molecule has 3 aromatic rings. The number of para-hydroxylation sites is 2. The van der Waals surface area contributed by atoms with Gasteiger partial charge in [-0.05, 0) is 48.1 Å². The van der Waals surface area contributed by atoms with Gasteiger partial charge in [-0.3, -0.25) is 4.79 Å². The Morgan fingerprint density at radius 2 is 1.92 bits per heavy atom. The Morgan fingerprint density at radius 1 is 1.19 bits per heavy atom. The largest absolute Gasteiger partial charge is 0.346 e. The van der Waals surface area contributed by atoms with Gasteiger partial charge in [-0.25, -0.2) is 9.37 Å². The number of carbonyl (C=O) groups excluding carboxylic acids is 1. The van der Waals surface area contributed by atoms with Gasteiger partial charge in [0.2, 0.25) is 5.91 Å². The molecule has 0 saturated heterocycles. The molecule has 1 aliphatic rings. The van der Waals surface area contributed by atoms with Crippen LogP contribution in [0.5, 0.6) is 0 Å². The first-order valence-electron chi connectivity index (χ1n) is 9.03. The fraction of sp³-hybridized carbons (Fsp3) is 0.333. The van der Waals surface area contributed by atoms with E-state index in [2.05, 4.69) is 29.1 Å². The SMILES string of the molecule is CC(C)C(NC(=O)C1CC1c1ccc(F)cc1)c1nc2ccccc2[nH]1. The predicted molar refractivity (Wildman–Crippen MR) is 99.1 cm³/mol. The molecular formula is C21H22FN3O. The number of benzene rings is 2. The monoisotopic (exact) mass is 351 g/mol. The first-order valence-corrected chi connectivity index (χ1v) is 9.03. The molecule has 0 bridgehead atoms. The number of carbonyl (C=O) groups is 1. The normalized spacial score (nSPS) is 20.3. The van der Waals surface area contributed by atoms with Gasteiger partial charge < -0.3 is 10.3 Å². The third-order valence-corrected chi connectivity index (χ3v) is 5.09. The highest BCUT2D eigenvalue weighted by atomic mass is 19.1. The summed E-state index contributed by atoms with van der Waals surface area (Å²) in [6, 6.07) is 14.1. The fourth-order valence-corrected chi connectivity index (χ4v) is 3.49. The molecule has 134 valence electrons. The molecule has 3 unspecified atom stereocenters. The molecule has 2 aromatic carbocycles. The zero-order valence-corrected chi connectivity index (χ0v) is 14.9. The summed E-state index contributed by atoms with van der Waals surface area (Å²) in [5.41, 5.74) is 2.90. The summed E-state index contributed by atoms with van der Waals surface area (Å²) >= 11 is 0. The number of imidazole rings is 1. The van der Waals surface area contributed by atoms with Crippen LogP contribution in [0.3, 0.4) is 0 Å². The number of nitrogens with zero attached hydrogens (tertiary/aromatic N) is 1. The van der Waals surface area contributed by atoms with E-state index in [0.717, 1.165) is 28.8 Å². The predicted octanol–water partition coefficient (Wildman–Crippen LogP) is 4.32. The van der Waals surface area contributed by atoms with Gasteiger partial charge in [0.25, 0.3) is 0 Å². The van der Waals surface area contributed by atoms with Crippen LogP contribution in [-0.2, 0) is 4.79 Å². The van der Waals surface area contributed by atoms with Crippen molar-refractivity contribution in [3.8, 4) is 0 Å². The third kappa shape index (κ3) is 3.21. The van der Waals surface area contributed by atoms with Crippen LogP contribution < -0.4 is 5.32 Å². The van der Waals surface area contributed by atoms with Crippen molar-refractivity contribution in [2.45, 2.75) is 32.2 Å². The lowest BCUT2D eigenvalue weighted by molar-refractivity contribution is -0.123. The number of fused-ring (bicyclic) bond motifs is 1. The van der Waals surface area contributed by atoms with E-state index in [1.54, 1.807) is 12.1 Å². The Kier molecular flexibility index (Phi) is 4.23. The number of hydrogen-bond acceptors (Lipinski definition) is 2. The second-order valence-electron chi connectivity index (χ2n) is 7.37. The lowest BCUT2D eigenvalue weighted by atomic mass is 10.0. The van der Waals surface area contributed by atoms with Gasteiger partial charge in [0.1, 0.15) is 11.6 Å². The average molecular weight is 351 g/mol. The first-order chi connectivity index (χ1) is 12.5.